The van der Waals surface area contributed by atoms with Crippen LogP contribution >= 0.6 is 0 Å². The van der Waals surface area contributed by atoms with Crippen LogP contribution in [0.2, 0.25) is 0 Å². The first-order valence-corrected chi connectivity index (χ1v) is 11.2. The molecule has 1 heterocycles. The third-order valence-electron chi connectivity index (χ3n) is 7.73. The van der Waals surface area contributed by atoms with Gasteiger partial charge >= 0.3 is 0 Å². The molecule has 158 valence electrons. The van der Waals surface area contributed by atoms with Crippen molar-refractivity contribution in [2.45, 2.75) is 64.3 Å². The quantitative estimate of drug-likeness (QED) is 0.696. The van der Waals surface area contributed by atoms with Gasteiger partial charge in [0.25, 0.3) is 0 Å². The Hall–Kier alpha value is -1.14. The van der Waals surface area contributed by atoms with Gasteiger partial charge in [-0.05, 0) is 75.5 Å². The number of amides is 2. The van der Waals surface area contributed by atoms with E-state index in [-0.39, 0.29) is 29.3 Å². The molecule has 6 nitrogen and oxygen atoms in total. The van der Waals surface area contributed by atoms with E-state index in [1.54, 1.807) is 0 Å². The maximum Gasteiger partial charge on any atom is 0.239 e. The average molecular weight is 392 g/mol. The summed E-state index contributed by atoms with van der Waals surface area (Å²) < 4.78 is 5.41. The number of hydrogen-bond donors (Lipinski definition) is 2. The second kappa shape index (κ2) is 7.94. The van der Waals surface area contributed by atoms with Crippen molar-refractivity contribution in [1.29, 1.82) is 0 Å². The standard InChI is InChI=1S/C22H37N3O3/c1-21(2,25-3-5-28-6-4-25)15-24-20(27)14-23-19(26)13-22-10-16-7-17(11-22)9-18(8-16)12-22/h16-18H,3-15H2,1-2H3,(H,23,26)(H,24,27). The zero-order valence-electron chi connectivity index (χ0n) is 17.6. The summed E-state index contributed by atoms with van der Waals surface area (Å²) in [6, 6.07) is 0. The minimum absolute atomic E-state index is 0.0598. The molecule has 6 heteroatoms. The number of nitrogens with zero attached hydrogens (tertiary/aromatic N) is 1. The second-order valence-electron chi connectivity index (χ2n) is 10.6. The Morgan fingerprint density at radius 1 is 0.964 bits per heavy atom. The summed E-state index contributed by atoms with van der Waals surface area (Å²) in [5.74, 6) is 2.52. The second-order valence-corrected chi connectivity index (χ2v) is 10.6. The van der Waals surface area contributed by atoms with Gasteiger partial charge in [0.15, 0.2) is 0 Å². The van der Waals surface area contributed by atoms with Crippen LogP contribution in [0.4, 0.5) is 0 Å². The number of hydrogen-bond acceptors (Lipinski definition) is 4. The van der Waals surface area contributed by atoms with Crippen molar-refractivity contribution in [3.63, 3.8) is 0 Å². The van der Waals surface area contributed by atoms with Crippen LogP contribution in [0.15, 0.2) is 0 Å². The highest BCUT2D eigenvalue weighted by Gasteiger charge is 2.51. The molecular weight excluding hydrogens is 354 g/mol. The van der Waals surface area contributed by atoms with Gasteiger partial charge in [-0.15, -0.1) is 0 Å². The van der Waals surface area contributed by atoms with Crippen molar-refractivity contribution in [2.75, 3.05) is 39.4 Å². The van der Waals surface area contributed by atoms with E-state index in [0.717, 1.165) is 44.1 Å². The molecule has 5 rings (SSSR count). The maximum absolute atomic E-state index is 12.6. The summed E-state index contributed by atoms with van der Waals surface area (Å²) in [7, 11) is 0. The first-order chi connectivity index (χ1) is 13.3. The third kappa shape index (κ3) is 4.54. The fourth-order valence-electron chi connectivity index (χ4n) is 6.75. The van der Waals surface area contributed by atoms with Gasteiger partial charge in [0.05, 0.1) is 19.8 Å². The van der Waals surface area contributed by atoms with Crippen molar-refractivity contribution in [1.82, 2.24) is 15.5 Å². The summed E-state index contributed by atoms with van der Waals surface area (Å²) in [4.78, 5) is 27.2. The number of ether oxygens (including phenoxy) is 1. The molecule has 4 aliphatic carbocycles. The van der Waals surface area contributed by atoms with Crippen LogP contribution in [0.1, 0.15) is 58.8 Å². The highest BCUT2D eigenvalue weighted by Crippen LogP contribution is 2.61. The molecule has 0 atom stereocenters. The molecule has 0 aromatic rings. The van der Waals surface area contributed by atoms with Crippen molar-refractivity contribution in [2.24, 2.45) is 23.2 Å². The minimum atomic E-state index is -0.108. The van der Waals surface area contributed by atoms with Gasteiger partial charge in [0.2, 0.25) is 11.8 Å². The fraction of sp³-hybridized carbons (Fsp3) is 0.909. The number of nitrogens with one attached hydrogen (secondary N) is 2. The molecule has 2 amide bonds. The molecule has 1 saturated heterocycles. The largest absolute Gasteiger partial charge is 0.379 e. The number of rotatable bonds is 7. The normalized spacial score (nSPS) is 35.0. The molecule has 5 aliphatic rings. The maximum atomic E-state index is 12.6. The lowest BCUT2D eigenvalue weighted by Gasteiger charge is -2.56. The van der Waals surface area contributed by atoms with Crippen LogP contribution in [0, 0.1) is 23.2 Å². The Morgan fingerprint density at radius 3 is 2.11 bits per heavy atom. The molecule has 0 spiro atoms. The van der Waals surface area contributed by atoms with E-state index < -0.39 is 0 Å². The molecular formula is C22H37N3O3. The summed E-state index contributed by atoms with van der Waals surface area (Å²) in [5.41, 5.74) is 0.121. The van der Waals surface area contributed by atoms with E-state index in [2.05, 4.69) is 29.4 Å². The van der Waals surface area contributed by atoms with Gasteiger partial charge in [-0.2, -0.15) is 0 Å². The molecule has 0 radical (unpaired) electrons. The summed E-state index contributed by atoms with van der Waals surface area (Å²) >= 11 is 0. The molecule has 28 heavy (non-hydrogen) atoms. The topological polar surface area (TPSA) is 70.7 Å². The van der Waals surface area contributed by atoms with Crippen molar-refractivity contribution in [3.8, 4) is 0 Å². The predicted molar refractivity (Wildman–Crippen MR) is 108 cm³/mol. The van der Waals surface area contributed by atoms with E-state index in [4.69, 9.17) is 4.74 Å². The SMILES string of the molecule is CC(C)(CNC(=O)CNC(=O)CC12CC3CC(CC(C3)C1)C2)N1CCOCC1. The van der Waals surface area contributed by atoms with Crippen LogP contribution in [0.25, 0.3) is 0 Å². The number of morpholine rings is 1. The van der Waals surface area contributed by atoms with Gasteiger partial charge in [0, 0.05) is 31.6 Å². The lowest BCUT2D eigenvalue weighted by atomic mass is 9.49. The molecule has 0 unspecified atom stereocenters. The Bertz CT molecular complexity index is 563. The predicted octanol–water partition coefficient (Wildman–Crippen LogP) is 1.94. The first kappa shape index (κ1) is 20.1. The molecule has 5 fully saturated rings. The van der Waals surface area contributed by atoms with Crippen LogP contribution in [0.5, 0.6) is 0 Å². The highest BCUT2D eigenvalue weighted by molar-refractivity contribution is 5.85. The van der Waals surface area contributed by atoms with Crippen LogP contribution in [0.3, 0.4) is 0 Å². The Balaban J connectivity index is 1.19. The first-order valence-electron chi connectivity index (χ1n) is 11.2. The van der Waals surface area contributed by atoms with Crippen LogP contribution < -0.4 is 10.6 Å². The van der Waals surface area contributed by atoms with E-state index in [1.165, 1.54) is 38.5 Å². The molecule has 1 aliphatic heterocycles. The molecule has 4 bridgehead atoms. The fourth-order valence-corrected chi connectivity index (χ4v) is 6.75. The van der Waals surface area contributed by atoms with Gasteiger partial charge in [-0.25, -0.2) is 0 Å². The Kier molecular flexibility index (Phi) is 5.71. The van der Waals surface area contributed by atoms with E-state index in [1.807, 2.05) is 0 Å². The lowest BCUT2D eigenvalue weighted by molar-refractivity contribution is -0.132. The van der Waals surface area contributed by atoms with Crippen molar-refractivity contribution < 1.29 is 14.3 Å². The van der Waals surface area contributed by atoms with E-state index >= 15 is 0 Å². The summed E-state index contributed by atoms with van der Waals surface area (Å²) in [6.07, 6.45) is 8.47. The molecule has 0 aromatic heterocycles. The summed E-state index contributed by atoms with van der Waals surface area (Å²) in [5, 5.41) is 5.89. The van der Waals surface area contributed by atoms with E-state index in [9.17, 15) is 9.59 Å². The number of carbonyl (C=O) groups is 2. The van der Waals surface area contributed by atoms with E-state index in [0.29, 0.717) is 13.0 Å². The number of carbonyl (C=O) groups excluding carboxylic acids is 2. The average Bonchev–Trinajstić information content (AvgIpc) is 2.64. The monoisotopic (exact) mass is 391 g/mol. The lowest BCUT2D eigenvalue weighted by Crippen LogP contribution is -2.56. The van der Waals surface area contributed by atoms with Crippen molar-refractivity contribution in [3.05, 3.63) is 0 Å². The Morgan fingerprint density at radius 2 is 1.54 bits per heavy atom. The summed E-state index contributed by atoms with van der Waals surface area (Å²) in [6.45, 7) is 8.24. The van der Waals surface area contributed by atoms with Crippen molar-refractivity contribution >= 4 is 11.8 Å². The van der Waals surface area contributed by atoms with Gasteiger partial charge in [0.1, 0.15) is 0 Å². The smallest absolute Gasteiger partial charge is 0.239 e. The van der Waals surface area contributed by atoms with Crippen LogP contribution in [-0.2, 0) is 14.3 Å². The van der Waals surface area contributed by atoms with Crippen LogP contribution in [-0.4, -0.2) is 61.6 Å². The van der Waals surface area contributed by atoms with Gasteiger partial charge in [-0.1, -0.05) is 0 Å². The highest BCUT2D eigenvalue weighted by atomic mass is 16.5. The molecule has 4 saturated carbocycles. The minimum Gasteiger partial charge on any atom is -0.379 e. The molecule has 0 aromatic carbocycles. The van der Waals surface area contributed by atoms with Gasteiger partial charge < -0.3 is 15.4 Å². The van der Waals surface area contributed by atoms with Gasteiger partial charge in [-0.3, -0.25) is 14.5 Å². The Labute approximate surface area is 169 Å². The zero-order valence-corrected chi connectivity index (χ0v) is 17.6. The molecule has 2 N–H and O–H groups in total. The third-order valence-corrected chi connectivity index (χ3v) is 7.73. The zero-order chi connectivity index (χ0) is 19.8.